The highest BCUT2D eigenvalue weighted by Crippen LogP contribution is 2.16. The Hall–Kier alpha value is -2.20. The van der Waals surface area contributed by atoms with E-state index in [9.17, 15) is 14.3 Å². The number of nitrogens with one attached hydrogen (secondary N) is 1. The molecule has 0 amide bonds. The van der Waals surface area contributed by atoms with Gasteiger partial charge in [-0.2, -0.15) is 0 Å². The second-order valence-electron chi connectivity index (χ2n) is 4.65. The summed E-state index contributed by atoms with van der Waals surface area (Å²) in [5, 5.41) is 12.2. The molecule has 0 saturated carbocycles. The number of halogens is 1. The predicted molar refractivity (Wildman–Crippen MR) is 74.8 cm³/mol. The number of benzene rings is 2. The first-order valence-corrected chi connectivity index (χ1v) is 6.34. The molecule has 0 aliphatic carbocycles. The summed E-state index contributed by atoms with van der Waals surface area (Å²) in [4.78, 5) is 11.3. The van der Waals surface area contributed by atoms with E-state index in [-0.39, 0.29) is 12.4 Å². The van der Waals surface area contributed by atoms with Crippen molar-refractivity contribution in [3.05, 3.63) is 71.0 Å². The van der Waals surface area contributed by atoms with Gasteiger partial charge < -0.3 is 5.11 Å². The van der Waals surface area contributed by atoms with Crippen LogP contribution >= 0.6 is 0 Å². The Morgan fingerprint density at radius 2 is 1.85 bits per heavy atom. The Bertz CT molecular complexity index is 596. The van der Waals surface area contributed by atoms with Crippen LogP contribution in [0.15, 0.2) is 48.5 Å². The number of aliphatic carboxylic acids is 1. The maximum absolute atomic E-state index is 13.5. The summed E-state index contributed by atoms with van der Waals surface area (Å²) >= 11 is 0. The lowest BCUT2D eigenvalue weighted by molar-refractivity contribution is -0.139. The molecule has 0 radical (unpaired) electrons. The molecule has 2 N–H and O–H groups in total. The van der Waals surface area contributed by atoms with Crippen LogP contribution in [0.1, 0.15) is 22.7 Å². The van der Waals surface area contributed by atoms with Gasteiger partial charge in [0.1, 0.15) is 11.9 Å². The molecule has 0 saturated heterocycles. The van der Waals surface area contributed by atoms with Crippen molar-refractivity contribution in [3.63, 3.8) is 0 Å². The van der Waals surface area contributed by atoms with Crippen LogP contribution in [-0.4, -0.2) is 11.1 Å². The summed E-state index contributed by atoms with van der Waals surface area (Å²) in [7, 11) is 0. The first-order valence-electron chi connectivity index (χ1n) is 6.34. The van der Waals surface area contributed by atoms with Gasteiger partial charge in [-0.15, -0.1) is 0 Å². The molecule has 0 bridgehead atoms. The van der Waals surface area contributed by atoms with Crippen molar-refractivity contribution < 1.29 is 14.3 Å². The zero-order valence-corrected chi connectivity index (χ0v) is 11.1. The second kappa shape index (κ2) is 6.30. The van der Waals surface area contributed by atoms with Crippen molar-refractivity contribution in [2.75, 3.05) is 0 Å². The van der Waals surface area contributed by atoms with Crippen molar-refractivity contribution in [1.82, 2.24) is 5.32 Å². The van der Waals surface area contributed by atoms with E-state index in [1.807, 2.05) is 19.1 Å². The number of carboxylic acids is 1. The van der Waals surface area contributed by atoms with Gasteiger partial charge >= 0.3 is 5.97 Å². The van der Waals surface area contributed by atoms with Crippen LogP contribution in [0.2, 0.25) is 0 Å². The Morgan fingerprint density at radius 1 is 1.20 bits per heavy atom. The maximum atomic E-state index is 13.5. The average molecular weight is 273 g/mol. The van der Waals surface area contributed by atoms with E-state index >= 15 is 0 Å². The lowest BCUT2D eigenvalue weighted by atomic mass is 10.0. The molecule has 4 heteroatoms. The fourth-order valence-electron chi connectivity index (χ4n) is 1.96. The second-order valence-corrected chi connectivity index (χ2v) is 4.65. The number of rotatable bonds is 5. The lowest BCUT2D eigenvalue weighted by Crippen LogP contribution is -2.28. The molecule has 0 aromatic heterocycles. The Morgan fingerprint density at radius 3 is 2.45 bits per heavy atom. The predicted octanol–water partition coefficient (Wildman–Crippen LogP) is 3.05. The zero-order chi connectivity index (χ0) is 14.5. The van der Waals surface area contributed by atoms with E-state index in [1.54, 1.807) is 30.3 Å². The Kier molecular flexibility index (Phi) is 4.48. The summed E-state index contributed by atoms with van der Waals surface area (Å²) in [6, 6.07) is 12.7. The van der Waals surface area contributed by atoms with Gasteiger partial charge in [-0.3, -0.25) is 10.1 Å². The molecule has 2 rings (SSSR count). The molecule has 1 unspecified atom stereocenters. The fourth-order valence-corrected chi connectivity index (χ4v) is 1.96. The minimum absolute atomic E-state index is 0.164. The summed E-state index contributed by atoms with van der Waals surface area (Å²) < 4.78 is 13.5. The SMILES string of the molecule is Cc1ccc(C(NCc2ccccc2F)C(=O)O)cc1. The topological polar surface area (TPSA) is 49.3 Å². The van der Waals surface area contributed by atoms with Crippen molar-refractivity contribution in [2.24, 2.45) is 0 Å². The quantitative estimate of drug-likeness (QED) is 0.880. The van der Waals surface area contributed by atoms with Crippen LogP contribution in [0.4, 0.5) is 4.39 Å². The molecule has 104 valence electrons. The molecule has 2 aromatic carbocycles. The molecule has 0 fully saturated rings. The molecule has 3 nitrogen and oxygen atoms in total. The molecule has 0 aliphatic rings. The summed E-state index contributed by atoms with van der Waals surface area (Å²) in [6.07, 6.45) is 0. The number of aryl methyl sites for hydroxylation is 1. The highest BCUT2D eigenvalue weighted by Gasteiger charge is 2.19. The summed E-state index contributed by atoms with van der Waals surface area (Å²) in [5.74, 6) is -1.32. The highest BCUT2D eigenvalue weighted by atomic mass is 19.1. The molecule has 20 heavy (non-hydrogen) atoms. The first kappa shape index (κ1) is 14.2. The van der Waals surface area contributed by atoms with Crippen molar-refractivity contribution in [2.45, 2.75) is 19.5 Å². The average Bonchev–Trinajstić information content (AvgIpc) is 2.42. The van der Waals surface area contributed by atoms with E-state index in [4.69, 9.17) is 0 Å². The van der Waals surface area contributed by atoms with E-state index in [0.717, 1.165) is 5.56 Å². The Balaban J connectivity index is 2.13. The van der Waals surface area contributed by atoms with Crippen molar-refractivity contribution in [1.29, 1.82) is 0 Å². The maximum Gasteiger partial charge on any atom is 0.325 e. The van der Waals surface area contributed by atoms with Crippen molar-refractivity contribution >= 4 is 5.97 Å². The smallest absolute Gasteiger partial charge is 0.325 e. The van der Waals surface area contributed by atoms with Crippen LogP contribution in [-0.2, 0) is 11.3 Å². The van der Waals surface area contributed by atoms with Gasteiger partial charge in [-0.05, 0) is 18.6 Å². The van der Waals surface area contributed by atoms with Gasteiger partial charge in [0, 0.05) is 12.1 Å². The van der Waals surface area contributed by atoms with E-state index in [0.29, 0.717) is 11.1 Å². The van der Waals surface area contributed by atoms with Crippen LogP contribution in [0.5, 0.6) is 0 Å². The van der Waals surface area contributed by atoms with E-state index in [1.165, 1.54) is 6.07 Å². The number of carboxylic acid groups (broad SMARTS) is 1. The van der Waals surface area contributed by atoms with Gasteiger partial charge in [0.25, 0.3) is 0 Å². The van der Waals surface area contributed by atoms with Gasteiger partial charge in [0.05, 0.1) is 0 Å². The number of hydrogen-bond donors (Lipinski definition) is 2. The molecule has 0 aliphatic heterocycles. The number of hydrogen-bond acceptors (Lipinski definition) is 2. The number of carbonyl (C=O) groups is 1. The molecular formula is C16H16FNO2. The zero-order valence-electron chi connectivity index (χ0n) is 11.1. The first-order chi connectivity index (χ1) is 9.58. The normalized spacial score (nSPS) is 12.1. The standard InChI is InChI=1S/C16H16FNO2/c1-11-6-8-12(9-7-11)15(16(19)20)18-10-13-4-2-3-5-14(13)17/h2-9,15,18H,10H2,1H3,(H,19,20). The molecular weight excluding hydrogens is 257 g/mol. The van der Waals surface area contributed by atoms with Crippen molar-refractivity contribution in [3.8, 4) is 0 Å². The Labute approximate surface area is 117 Å². The lowest BCUT2D eigenvalue weighted by Gasteiger charge is -2.15. The van der Waals surface area contributed by atoms with Crippen LogP contribution in [0.3, 0.4) is 0 Å². The molecule has 0 spiro atoms. The minimum Gasteiger partial charge on any atom is -0.480 e. The van der Waals surface area contributed by atoms with E-state index < -0.39 is 12.0 Å². The molecule has 1 atom stereocenters. The fraction of sp³-hybridized carbons (Fsp3) is 0.188. The van der Waals surface area contributed by atoms with Gasteiger partial charge in [-0.25, -0.2) is 4.39 Å². The van der Waals surface area contributed by atoms with Crippen LogP contribution < -0.4 is 5.32 Å². The summed E-state index contributed by atoms with van der Waals surface area (Å²) in [5.41, 5.74) is 2.16. The minimum atomic E-state index is -0.981. The largest absolute Gasteiger partial charge is 0.480 e. The van der Waals surface area contributed by atoms with Crippen LogP contribution in [0, 0.1) is 12.7 Å². The van der Waals surface area contributed by atoms with E-state index in [2.05, 4.69) is 5.32 Å². The van der Waals surface area contributed by atoms with Crippen LogP contribution in [0.25, 0.3) is 0 Å². The summed E-state index contributed by atoms with van der Waals surface area (Å²) in [6.45, 7) is 2.10. The molecule has 0 heterocycles. The monoisotopic (exact) mass is 273 g/mol. The van der Waals surface area contributed by atoms with Gasteiger partial charge in [-0.1, -0.05) is 48.0 Å². The third-order valence-electron chi connectivity index (χ3n) is 3.11. The third-order valence-corrected chi connectivity index (χ3v) is 3.11. The highest BCUT2D eigenvalue weighted by molar-refractivity contribution is 5.75. The van der Waals surface area contributed by atoms with Gasteiger partial charge in [0.15, 0.2) is 0 Å². The molecule has 2 aromatic rings. The van der Waals surface area contributed by atoms with Gasteiger partial charge in [0.2, 0.25) is 0 Å². The third kappa shape index (κ3) is 3.42.